The second-order valence-electron chi connectivity index (χ2n) is 4.47. The van der Waals surface area contributed by atoms with E-state index in [4.69, 9.17) is 28.9 Å². The molecular formula is C13H16Cl2N2. The summed E-state index contributed by atoms with van der Waals surface area (Å²) in [4.78, 5) is 4.44. The topological polar surface area (TPSA) is 38.4 Å². The van der Waals surface area contributed by atoms with E-state index in [1.807, 2.05) is 6.07 Å². The lowest BCUT2D eigenvalue weighted by molar-refractivity contribution is 0.437. The van der Waals surface area contributed by atoms with E-state index in [9.17, 15) is 0 Å². The molecule has 0 aliphatic heterocycles. The minimum Gasteiger partial charge on any atom is -0.387 e. The van der Waals surface area contributed by atoms with Gasteiger partial charge in [-0.05, 0) is 31.0 Å². The summed E-state index contributed by atoms with van der Waals surface area (Å²) in [6, 6.07) is 5.33. The summed E-state index contributed by atoms with van der Waals surface area (Å²) in [5.41, 5.74) is 6.82. The Morgan fingerprint density at radius 1 is 1.12 bits per heavy atom. The highest BCUT2D eigenvalue weighted by Crippen LogP contribution is 2.28. The lowest BCUT2D eigenvalue weighted by Crippen LogP contribution is -2.25. The third-order valence-electron chi connectivity index (χ3n) is 3.18. The molecule has 0 amide bonds. The molecule has 2 N–H and O–H groups in total. The van der Waals surface area contributed by atoms with Gasteiger partial charge in [-0.25, -0.2) is 4.99 Å². The Morgan fingerprint density at radius 3 is 2.47 bits per heavy atom. The molecule has 1 aliphatic rings. The largest absolute Gasteiger partial charge is 0.387 e. The number of benzene rings is 1. The van der Waals surface area contributed by atoms with Gasteiger partial charge in [-0.15, -0.1) is 0 Å². The van der Waals surface area contributed by atoms with Crippen molar-refractivity contribution in [1.82, 2.24) is 0 Å². The van der Waals surface area contributed by atoms with Gasteiger partial charge in [-0.3, -0.25) is 0 Å². The third kappa shape index (κ3) is 3.36. The Bertz CT molecular complexity index is 423. The van der Waals surface area contributed by atoms with Crippen molar-refractivity contribution in [3.63, 3.8) is 0 Å². The maximum absolute atomic E-state index is 6.04. The van der Waals surface area contributed by atoms with Gasteiger partial charge in [0.1, 0.15) is 5.84 Å². The van der Waals surface area contributed by atoms with Crippen LogP contribution in [-0.2, 0) is 0 Å². The number of nitrogens with two attached hydrogens (primary N) is 1. The first-order valence-corrected chi connectivity index (χ1v) is 6.71. The monoisotopic (exact) mass is 270 g/mol. The molecular weight excluding hydrogens is 255 g/mol. The van der Waals surface area contributed by atoms with Crippen LogP contribution >= 0.6 is 23.2 Å². The average molecular weight is 271 g/mol. The van der Waals surface area contributed by atoms with Gasteiger partial charge in [0.25, 0.3) is 0 Å². The molecule has 2 nitrogen and oxygen atoms in total. The Hall–Kier alpha value is -0.730. The molecule has 2 rings (SSSR count). The van der Waals surface area contributed by atoms with Crippen molar-refractivity contribution in [2.75, 3.05) is 0 Å². The van der Waals surface area contributed by atoms with Crippen molar-refractivity contribution >= 4 is 34.7 Å². The van der Waals surface area contributed by atoms with Crippen molar-refractivity contribution in [2.45, 2.75) is 32.1 Å². The second kappa shape index (κ2) is 5.74. The van der Waals surface area contributed by atoms with Crippen molar-refractivity contribution in [1.29, 1.82) is 0 Å². The summed E-state index contributed by atoms with van der Waals surface area (Å²) < 4.78 is 0. The van der Waals surface area contributed by atoms with Crippen molar-refractivity contribution in [3.05, 3.63) is 28.2 Å². The molecule has 0 aromatic heterocycles. The van der Waals surface area contributed by atoms with Crippen molar-refractivity contribution in [2.24, 2.45) is 16.6 Å². The summed E-state index contributed by atoms with van der Waals surface area (Å²) in [6.07, 6.45) is 6.12. The minimum absolute atomic E-state index is 0.429. The van der Waals surface area contributed by atoms with E-state index < -0.39 is 0 Å². The Balaban J connectivity index is 2.13. The van der Waals surface area contributed by atoms with Gasteiger partial charge in [0.15, 0.2) is 0 Å². The standard InChI is InChI=1S/C13H16Cl2N2/c14-11-7-6-10(8-12(11)15)17-13(16)9-4-2-1-3-5-9/h6-9H,1-5H2,(H2,16,17). The Kier molecular flexibility index (Phi) is 4.30. The highest BCUT2D eigenvalue weighted by molar-refractivity contribution is 6.42. The summed E-state index contributed by atoms with van der Waals surface area (Å²) >= 11 is 11.8. The first-order chi connectivity index (χ1) is 8.16. The molecule has 17 heavy (non-hydrogen) atoms. The number of halogens is 2. The molecule has 1 fully saturated rings. The molecule has 1 aromatic rings. The van der Waals surface area contributed by atoms with Gasteiger partial charge >= 0.3 is 0 Å². The normalized spacial score (nSPS) is 18.4. The van der Waals surface area contributed by atoms with E-state index in [1.54, 1.807) is 12.1 Å². The fourth-order valence-electron chi connectivity index (χ4n) is 2.19. The van der Waals surface area contributed by atoms with Crippen LogP contribution < -0.4 is 5.73 Å². The van der Waals surface area contributed by atoms with Gasteiger partial charge < -0.3 is 5.73 Å². The zero-order valence-corrected chi connectivity index (χ0v) is 11.1. The SMILES string of the molecule is NC(=Nc1ccc(Cl)c(Cl)c1)C1CCCCC1. The van der Waals surface area contributed by atoms with E-state index >= 15 is 0 Å². The average Bonchev–Trinajstić information content (AvgIpc) is 2.35. The number of nitrogens with zero attached hydrogens (tertiary/aromatic N) is 1. The first-order valence-electron chi connectivity index (χ1n) is 5.96. The fourth-order valence-corrected chi connectivity index (χ4v) is 2.49. The van der Waals surface area contributed by atoms with Crippen LogP contribution in [0.4, 0.5) is 5.69 Å². The molecule has 1 saturated carbocycles. The van der Waals surface area contributed by atoms with Crippen LogP contribution in [0.2, 0.25) is 10.0 Å². The Morgan fingerprint density at radius 2 is 1.82 bits per heavy atom. The molecule has 4 heteroatoms. The van der Waals surface area contributed by atoms with E-state index in [0.717, 1.165) is 24.4 Å². The molecule has 1 aliphatic carbocycles. The summed E-state index contributed by atoms with van der Waals surface area (Å²) in [7, 11) is 0. The van der Waals surface area contributed by atoms with Crippen LogP contribution in [0, 0.1) is 5.92 Å². The zero-order chi connectivity index (χ0) is 12.3. The van der Waals surface area contributed by atoms with E-state index in [2.05, 4.69) is 4.99 Å². The zero-order valence-electron chi connectivity index (χ0n) is 9.63. The smallest absolute Gasteiger partial charge is 0.103 e. The molecule has 0 atom stereocenters. The van der Waals surface area contributed by atoms with Gasteiger partial charge in [0.05, 0.1) is 15.7 Å². The molecule has 0 spiro atoms. The predicted octanol–water partition coefficient (Wildman–Crippen LogP) is 4.56. The maximum Gasteiger partial charge on any atom is 0.103 e. The van der Waals surface area contributed by atoms with Crippen LogP contribution in [0.15, 0.2) is 23.2 Å². The second-order valence-corrected chi connectivity index (χ2v) is 5.28. The molecule has 1 aromatic carbocycles. The molecule has 0 radical (unpaired) electrons. The highest BCUT2D eigenvalue weighted by atomic mass is 35.5. The summed E-state index contributed by atoms with van der Waals surface area (Å²) in [5, 5.41) is 1.06. The summed E-state index contributed by atoms with van der Waals surface area (Å²) in [6.45, 7) is 0. The van der Waals surface area contributed by atoms with Gasteiger partial charge in [0, 0.05) is 5.92 Å². The number of hydrogen-bond acceptors (Lipinski definition) is 1. The number of amidine groups is 1. The van der Waals surface area contributed by atoms with Crippen LogP contribution in [0.25, 0.3) is 0 Å². The van der Waals surface area contributed by atoms with E-state index in [0.29, 0.717) is 16.0 Å². The minimum atomic E-state index is 0.429. The predicted molar refractivity (Wildman–Crippen MR) is 74.3 cm³/mol. The van der Waals surface area contributed by atoms with E-state index in [-0.39, 0.29) is 0 Å². The summed E-state index contributed by atoms with van der Waals surface area (Å²) in [5.74, 6) is 1.15. The van der Waals surface area contributed by atoms with Crippen LogP contribution in [-0.4, -0.2) is 5.84 Å². The molecule has 0 bridgehead atoms. The highest BCUT2D eigenvalue weighted by Gasteiger charge is 2.16. The quantitative estimate of drug-likeness (QED) is 0.621. The molecule has 0 heterocycles. The number of rotatable bonds is 2. The fraction of sp³-hybridized carbons (Fsp3) is 0.462. The van der Waals surface area contributed by atoms with E-state index in [1.165, 1.54) is 19.3 Å². The molecule has 92 valence electrons. The number of aliphatic imine (C=N–C) groups is 1. The third-order valence-corrected chi connectivity index (χ3v) is 3.92. The number of hydrogen-bond donors (Lipinski definition) is 1. The van der Waals surface area contributed by atoms with Gasteiger partial charge in [0.2, 0.25) is 0 Å². The van der Waals surface area contributed by atoms with Crippen LogP contribution in [0.3, 0.4) is 0 Å². The van der Waals surface area contributed by atoms with Crippen molar-refractivity contribution < 1.29 is 0 Å². The van der Waals surface area contributed by atoms with Gasteiger partial charge in [-0.2, -0.15) is 0 Å². The lowest BCUT2D eigenvalue weighted by atomic mass is 9.88. The van der Waals surface area contributed by atoms with Gasteiger partial charge in [-0.1, -0.05) is 42.5 Å². The van der Waals surface area contributed by atoms with Crippen molar-refractivity contribution in [3.8, 4) is 0 Å². The van der Waals surface area contributed by atoms with Crippen LogP contribution in [0.1, 0.15) is 32.1 Å². The maximum atomic E-state index is 6.04. The molecule has 0 saturated heterocycles. The Labute approximate surface area is 112 Å². The lowest BCUT2D eigenvalue weighted by Gasteiger charge is -2.20. The molecule has 0 unspecified atom stereocenters. The van der Waals surface area contributed by atoms with Crippen LogP contribution in [0.5, 0.6) is 0 Å². The first kappa shape index (κ1) is 12.7.